The molecular weight excluding hydrogens is 474 g/mol. The number of nitrogens with one attached hydrogen (secondary N) is 1. The summed E-state index contributed by atoms with van der Waals surface area (Å²) in [7, 11) is 0. The van der Waals surface area contributed by atoms with Crippen LogP contribution in [0.5, 0.6) is 0 Å². The molecular formula is C26H35N7O4. The molecule has 0 bridgehead atoms. The van der Waals surface area contributed by atoms with Gasteiger partial charge in [-0.25, -0.2) is 0 Å². The standard InChI is InChI=1S/C26H35N7O4/c27-16-19-3-1-9-33(19)25(35)18-30-26(36)21-6-7-29-23-5-4-20(15-22(21)23)37-14-2-8-31-10-12-32(13-11-31)24(34)17-28/h4-7,19-20H,1-3,8-15,17-18,28H2,(H,30,36). The highest BCUT2D eigenvalue weighted by Crippen LogP contribution is 2.23. The molecule has 1 aliphatic carbocycles. The number of fused-ring (bicyclic) bond motifs is 1. The predicted molar refractivity (Wildman–Crippen MR) is 136 cm³/mol. The number of ether oxygens (including phenoxy) is 1. The fourth-order valence-corrected chi connectivity index (χ4v) is 5.09. The van der Waals surface area contributed by atoms with Crippen molar-refractivity contribution in [3.8, 4) is 6.07 Å². The van der Waals surface area contributed by atoms with E-state index in [0.717, 1.165) is 43.7 Å². The third-order valence-corrected chi connectivity index (χ3v) is 7.18. The Morgan fingerprint density at radius 2 is 2.00 bits per heavy atom. The lowest BCUT2D eigenvalue weighted by molar-refractivity contribution is -0.131. The van der Waals surface area contributed by atoms with Gasteiger partial charge in [-0.3, -0.25) is 24.3 Å². The average Bonchev–Trinajstić information content (AvgIpc) is 3.42. The van der Waals surface area contributed by atoms with Crippen LogP contribution in [-0.4, -0.2) is 109 Å². The number of pyridine rings is 1. The van der Waals surface area contributed by atoms with Crippen molar-refractivity contribution >= 4 is 23.8 Å². The second-order valence-corrected chi connectivity index (χ2v) is 9.53. The Hall–Kier alpha value is -3.33. The van der Waals surface area contributed by atoms with Gasteiger partial charge >= 0.3 is 0 Å². The Kier molecular flexibility index (Phi) is 9.22. The van der Waals surface area contributed by atoms with E-state index in [1.807, 2.05) is 17.1 Å². The lowest BCUT2D eigenvalue weighted by Crippen LogP contribution is -2.50. The zero-order chi connectivity index (χ0) is 26.2. The first-order chi connectivity index (χ1) is 18.0. The van der Waals surface area contributed by atoms with Crippen molar-refractivity contribution in [3.05, 3.63) is 35.2 Å². The minimum absolute atomic E-state index is 0.000665. The molecule has 11 nitrogen and oxygen atoms in total. The molecule has 1 aromatic rings. The number of hydrogen-bond acceptors (Lipinski definition) is 8. The van der Waals surface area contributed by atoms with Crippen LogP contribution < -0.4 is 11.1 Å². The van der Waals surface area contributed by atoms with E-state index in [4.69, 9.17) is 10.5 Å². The fourth-order valence-electron chi connectivity index (χ4n) is 5.09. The third kappa shape index (κ3) is 6.71. The first-order valence-electron chi connectivity index (χ1n) is 12.9. The minimum Gasteiger partial charge on any atom is -0.374 e. The van der Waals surface area contributed by atoms with E-state index in [1.165, 1.54) is 4.90 Å². The fraction of sp³-hybridized carbons (Fsp3) is 0.577. The molecule has 3 N–H and O–H groups in total. The maximum absolute atomic E-state index is 12.9. The molecule has 2 atom stereocenters. The van der Waals surface area contributed by atoms with Crippen molar-refractivity contribution in [2.45, 2.75) is 37.8 Å². The molecule has 0 saturated carbocycles. The lowest BCUT2D eigenvalue weighted by atomic mass is 9.95. The number of carbonyl (C=O) groups excluding carboxylic acids is 3. The summed E-state index contributed by atoms with van der Waals surface area (Å²) in [5, 5.41) is 11.9. The summed E-state index contributed by atoms with van der Waals surface area (Å²) in [5.74, 6) is -0.574. The summed E-state index contributed by atoms with van der Waals surface area (Å²) in [6.45, 7) is 5.03. The second kappa shape index (κ2) is 12.8. The SMILES string of the molecule is N#CC1CCCN1C(=O)CNC(=O)c1ccnc2c1CC(OCCCN1CCN(C(=O)CN)CC1)C=C2. The van der Waals surface area contributed by atoms with Gasteiger partial charge in [0, 0.05) is 64.1 Å². The van der Waals surface area contributed by atoms with Crippen molar-refractivity contribution in [1.82, 2.24) is 25.0 Å². The van der Waals surface area contributed by atoms with Crippen LogP contribution in [0.2, 0.25) is 0 Å². The Labute approximate surface area is 217 Å². The third-order valence-electron chi connectivity index (χ3n) is 7.18. The molecule has 198 valence electrons. The summed E-state index contributed by atoms with van der Waals surface area (Å²) in [6, 6.07) is 3.40. The zero-order valence-corrected chi connectivity index (χ0v) is 21.1. The van der Waals surface area contributed by atoms with E-state index in [1.54, 1.807) is 12.3 Å². The van der Waals surface area contributed by atoms with Crippen LogP contribution in [-0.2, 0) is 20.7 Å². The van der Waals surface area contributed by atoms with Crippen molar-refractivity contribution < 1.29 is 19.1 Å². The van der Waals surface area contributed by atoms with E-state index in [0.29, 0.717) is 44.6 Å². The maximum atomic E-state index is 12.9. The molecule has 1 aromatic heterocycles. The Balaban J connectivity index is 1.23. The number of rotatable bonds is 9. The van der Waals surface area contributed by atoms with Crippen molar-refractivity contribution in [1.29, 1.82) is 5.26 Å². The quantitative estimate of drug-likeness (QED) is 0.435. The molecule has 37 heavy (non-hydrogen) atoms. The van der Waals surface area contributed by atoms with Gasteiger partial charge in [0.2, 0.25) is 11.8 Å². The van der Waals surface area contributed by atoms with Crippen LogP contribution in [0.3, 0.4) is 0 Å². The second-order valence-electron chi connectivity index (χ2n) is 9.53. The number of likely N-dealkylation sites (tertiary alicyclic amines) is 1. The smallest absolute Gasteiger partial charge is 0.252 e. The number of aromatic nitrogens is 1. The van der Waals surface area contributed by atoms with Crippen LogP contribution >= 0.6 is 0 Å². The first-order valence-corrected chi connectivity index (χ1v) is 12.9. The van der Waals surface area contributed by atoms with Crippen LogP contribution in [0.1, 0.15) is 40.9 Å². The highest BCUT2D eigenvalue weighted by Gasteiger charge is 2.29. The van der Waals surface area contributed by atoms with E-state index in [-0.39, 0.29) is 36.9 Å². The molecule has 2 unspecified atom stereocenters. The first kappa shape index (κ1) is 26.7. The molecule has 2 fully saturated rings. The van der Waals surface area contributed by atoms with Crippen molar-refractivity contribution in [2.75, 3.05) is 59.0 Å². The van der Waals surface area contributed by atoms with E-state index in [2.05, 4.69) is 21.3 Å². The molecule has 11 heteroatoms. The molecule has 3 aliphatic rings. The zero-order valence-electron chi connectivity index (χ0n) is 21.1. The molecule has 0 spiro atoms. The van der Waals surface area contributed by atoms with Crippen LogP contribution in [0, 0.1) is 11.3 Å². The molecule has 3 heterocycles. The van der Waals surface area contributed by atoms with Crippen LogP contribution in [0.25, 0.3) is 6.08 Å². The topological polar surface area (TPSA) is 145 Å². The summed E-state index contributed by atoms with van der Waals surface area (Å²) in [4.78, 5) is 47.2. The maximum Gasteiger partial charge on any atom is 0.252 e. The average molecular weight is 510 g/mol. The number of carbonyl (C=O) groups is 3. The van der Waals surface area contributed by atoms with Gasteiger partial charge in [-0.1, -0.05) is 6.08 Å². The Morgan fingerprint density at radius 3 is 2.76 bits per heavy atom. The van der Waals surface area contributed by atoms with Gasteiger partial charge in [-0.05, 0) is 37.0 Å². The van der Waals surface area contributed by atoms with Gasteiger partial charge in [-0.15, -0.1) is 0 Å². The summed E-state index contributed by atoms with van der Waals surface area (Å²) < 4.78 is 6.09. The Bertz CT molecular complexity index is 1060. The van der Waals surface area contributed by atoms with Gasteiger partial charge in [0.25, 0.3) is 5.91 Å². The predicted octanol–water partition coefficient (Wildman–Crippen LogP) is -0.227. The minimum atomic E-state index is -0.411. The van der Waals surface area contributed by atoms with Crippen LogP contribution in [0.4, 0.5) is 0 Å². The van der Waals surface area contributed by atoms with Crippen LogP contribution in [0.15, 0.2) is 18.3 Å². The van der Waals surface area contributed by atoms with E-state index in [9.17, 15) is 19.6 Å². The van der Waals surface area contributed by atoms with Gasteiger partial charge in [0.15, 0.2) is 0 Å². The van der Waals surface area contributed by atoms with Gasteiger partial charge in [0.1, 0.15) is 6.04 Å². The van der Waals surface area contributed by atoms with Crippen molar-refractivity contribution in [3.63, 3.8) is 0 Å². The number of piperazine rings is 1. The molecule has 0 aromatic carbocycles. The molecule has 2 aliphatic heterocycles. The van der Waals surface area contributed by atoms with Gasteiger partial charge < -0.3 is 25.6 Å². The normalized spacial score (nSPS) is 21.4. The summed E-state index contributed by atoms with van der Waals surface area (Å²) in [5.41, 5.74) is 7.46. The molecule has 3 amide bonds. The van der Waals surface area contributed by atoms with E-state index >= 15 is 0 Å². The largest absolute Gasteiger partial charge is 0.374 e. The molecule has 2 saturated heterocycles. The summed E-state index contributed by atoms with van der Waals surface area (Å²) in [6.07, 6.45) is 8.14. The number of nitrogens with zero attached hydrogens (tertiary/aromatic N) is 5. The van der Waals surface area contributed by atoms with Crippen molar-refractivity contribution in [2.24, 2.45) is 5.73 Å². The Morgan fingerprint density at radius 1 is 1.19 bits per heavy atom. The number of nitriles is 1. The van der Waals surface area contributed by atoms with Gasteiger partial charge in [0.05, 0.1) is 31.0 Å². The highest BCUT2D eigenvalue weighted by atomic mass is 16.5. The molecule has 4 rings (SSSR count). The van der Waals surface area contributed by atoms with E-state index < -0.39 is 6.04 Å². The highest BCUT2D eigenvalue weighted by molar-refractivity contribution is 5.98. The number of hydrogen-bond donors (Lipinski definition) is 2. The molecule has 0 radical (unpaired) electrons. The number of amides is 3. The lowest BCUT2D eigenvalue weighted by Gasteiger charge is -2.34. The summed E-state index contributed by atoms with van der Waals surface area (Å²) >= 11 is 0. The van der Waals surface area contributed by atoms with Gasteiger partial charge in [-0.2, -0.15) is 5.26 Å². The number of nitrogens with two attached hydrogens (primary N) is 1. The monoisotopic (exact) mass is 509 g/mol.